The largest absolute Gasteiger partial charge is 0.447 e. The van der Waals surface area contributed by atoms with E-state index in [4.69, 9.17) is 9.47 Å². The van der Waals surface area contributed by atoms with Gasteiger partial charge in [0, 0.05) is 31.5 Å². The summed E-state index contributed by atoms with van der Waals surface area (Å²) in [4.78, 5) is 43.0. The molecule has 0 aromatic carbocycles. The Bertz CT molecular complexity index is 873. The molecular formula is C33H55N3O5S. The third-order valence-corrected chi connectivity index (χ3v) is 9.00. The van der Waals surface area contributed by atoms with Gasteiger partial charge in [-0.15, -0.1) is 0 Å². The van der Waals surface area contributed by atoms with E-state index in [0.717, 1.165) is 49.6 Å². The molecule has 0 bridgehead atoms. The number of carbonyl (C=O) groups is 3. The quantitative estimate of drug-likeness (QED) is 0.140. The SMILES string of the molecule is CCCCCCCCCCCCCCCCCN(C(C)=O)C(=O)S[C@H]1CCCO[C@H]1COC(=O)NCc1ccccn1. The van der Waals surface area contributed by atoms with Gasteiger partial charge in [-0.3, -0.25) is 19.5 Å². The number of hydrogen-bond donors (Lipinski definition) is 1. The predicted octanol–water partition coefficient (Wildman–Crippen LogP) is 8.43. The van der Waals surface area contributed by atoms with Gasteiger partial charge < -0.3 is 14.8 Å². The van der Waals surface area contributed by atoms with E-state index in [1.807, 2.05) is 18.2 Å². The summed E-state index contributed by atoms with van der Waals surface area (Å²) >= 11 is 1.13. The highest BCUT2D eigenvalue weighted by molar-refractivity contribution is 8.14. The molecule has 1 aliphatic heterocycles. The Labute approximate surface area is 258 Å². The van der Waals surface area contributed by atoms with E-state index in [0.29, 0.717) is 13.2 Å². The highest BCUT2D eigenvalue weighted by Crippen LogP contribution is 2.29. The summed E-state index contributed by atoms with van der Waals surface area (Å²) in [6, 6.07) is 5.49. The number of alkyl carbamates (subject to hydrolysis) is 1. The maximum atomic E-state index is 13.1. The highest BCUT2D eigenvalue weighted by atomic mass is 32.2. The molecule has 9 heteroatoms. The van der Waals surface area contributed by atoms with Crippen molar-refractivity contribution in [1.82, 2.24) is 15.2 Å². The van der Waals surface area contributed by atoms with Crippen LogP contribution in [-0.2, 0) is 20.8 Å². The zero-order valence-corrected chi connectivity index (χ0v) is 27.0. The molecule has 1 saturated heterocycles. The van der Waals surface area contributed by atoms with E-state index in [-0.39, 0.29) is 29.5 Å². The number of nitrogens with zero attached hydrogens (tertiary/aromatic N) is 2. The molecule has 1 N–H and O–H groups in total. The summed E-state index contributed by atoms with van der Waals surface area (Å²) in [6.45, 7) is 5.05. The number of carbonyl (C=O) groups excluding carboxylic acids is 3. The Morgan fingerprint density at radius 3 is 2.14 bits per heavy atom. The Hall–Kier alpha value is -2.13. The number of pyridine rings is 1. The van der Waals surface area contributed by atoms with Crippen molar-refractivity contribution in [3.05, 3.63) is 30.1 Å². The number of rotatable bonds is 21. The highest BCUT2D eigenvalue weighted by Gasteiger charge is 2.32. The molecule has 42 heavy (non-hydrogen) atoms. The molecule has 0 saturated carbocycles. The molecule has 2 rings (SSSR count). The van der Waals surface area contributed by atoms with Crippen LogP contribution in [0.5, 0.6) is 0 Å². The van der Waals surface area contributed by atoms with Gasteiger partial charge in [-0.05, 0) is 31.4 Å². The van der Waals surface area contributed by atoms with Crippen LogP contribution in [0.1, 0.15) is 129 Å². The maximum Gasteiger partial charge on any atom is 0.407 e. The summed E-state index contributed by atoms with van der Waals surface area (Å²) in [5.41, 5.74) is 0.737. The van der Waals surface area contributed by atoms with Crippen molar-refractivity contribution < 1.29 is 23.9 Å². The molecular weight excluding hydrogens is 550 g/mol. The molecule has 0 aliphatic carbocycles. The summed E-state index contributed by atoms with van der Waals surface area (Å²) in [5.74, 6) is -0.226. The summed E-state index contributed by atoms with van der Waals surface area (Å²) in [6.07, 6.45) is 21.5. The van der Waals surface area contributed by atoms with Gasteiger partial charge in [0.2, 0.25) is 5.91 Å². The number of hydrogen-bond acceptors (Lipinski definition) is 7. The zero-order valence-electron chi connectivity index (χ0n) is 26.2. The lowest BCUT2D eigenvalue weighted by Gasteiger charge is -2.31. The van der Waals surface area contributed by atoms with Crippen molar-refractivity contribution in [3.8, 4) is 0 Å². The van der Waals surface area contributed by atoms with Crippen LogP contribution >= 0.6 is 11.8 Å². The lowest BCUT2D eigenvalue weighted by atomic mass is 10.0. The molecule has 0 unspecified atom stereocenters. The molecule has 1 aromatic rings. The topological polar surface area (TPSA) is 97.8 Å². The van der Waals surface area contributed by atoms with E-state index < -0.39 is 12.2 Å². The molecule has 1 aromatic heterocycles. The van der Waals surface area contributed by atoms with Crippen molar-refractivity contribution in [3.63, 3.8) is 0 Å². The lowest BCUT2D eigenvalue weighted by Crippen LogP contribution is -2.41. The van der Waals surface area contributed by atoms with Crippen molar-refractivity contribution in [1.29, 1.82) is 0 Å². The number of nitrogens with one attached hydrogen (secondary N) is 1. The smallest absolute Gasteiger partial charge is 0.407 e. The molecule has 3 amide bonds. The number of amides is 3. The van der Waals surface area contributed by atoms with Crippen molar-refractivity contribution in [2.24, 2.45) is 0 Å². The van der Waals surface area contributed by atoms with Crippen LogP contribution in [0.4, 0.5) is 9.59 Å². The van der Waals surface area contributed by atoms with Gasteiger partial charge in [0.25, 0.3) is 5.24 Å². The second-order valence-electron chi connectivity index (χ2n) is 11.4. The minimum atomic E-state index is -0.552. The third kappa shape index (κ3) is 16.5. The molecule has 2 heterocycles. The number of imide groups is 1. The minimum absolute atomic E-state index is 0.0537. The summed E-state index contributed by atoms with van der Waals surface area (Å²) in [7, 11) is 0. The average Bonchev–Trinajstić information content (AvgIpc) is 2.99. The average molecular weight is 606 g/mol. The van der Waals surface area contributed by atoms with Crippen LogP contribution in [0, 0.1) is 0 Å². The van der Waals surface area contributed by atoms with Gasteiger partial charge in [0.15, 0.2) is 0 Å². The Morgan fingerprint density at radius 1 is 0.952 bits per heavy atom. The molecule has 2 atom stereocenters. The van der Waals surface area contributed by atoms with Gasteiger partial charge >= 0.3 is 6.09 Å². The number of thioether (sulfide) groups is 1. The van der Waals surface area contributed by atoms with Crippen LogP contribution in [0.15, 0.2) is 24.4 Å². The second-order valence-corrected chi connectivity index (χ2v) is 12.6. The van der Waals surface area contributed by atoms with Crippen LogP contribution < -0.4 is 5.32 Å². The van der Waals surface area contributed by atoms with E-state index >= 15 is 0 Å². The Balaban J connectivity index is 1.58. The Morgan fingerprint density at radius 2 is 1.57 bits per heavy atom. The molecule has 0 radical (unpaired) electrons. The fraction of sp³-hybridized carbons (Fsp3) is 0.758. The van der Waals surface area contributed by atoms with E-state index in [2.05, 4.69) is 17.2 Å². The van der Waals surface area contributed by atoms with Gasteiger partial charge in [-0.1, -0.05) is 115 Å². The fourth-order valence-corrected chi connectivity index (χ4v) is 6.39. The number of aromatic nitrogens is 1. The second kappa shape index (κ2) is 23.3. The predicted molar refractivity (Wildman–Crippen MR) is 170 cm³/mol. The molecule has 0 spiro atoms. The summed E-state index contributed by atoms with van der Waals surface area (Å²) in [5, 5.41) is 2.27. The first-order chi connectivity index (χ1) is 20.5. The van der Waals surface area contributed by atoms with Crippen LogP contribution in [0.2, 0.25) is 0 Å². The molecule has 1 aliphatic rings. The number of unbranched alkanes of at least 4 members (excludes halogenated alkanes) is 14. The Kier molecular flexibility index (Phi) is 20.0. The van der Waals surface area contributed by atoms with Gasteiger partial charge in [-0.25, -0.2) is 4.79 Å². The van der Waals surface area contributed by atoms with Crippen molar-refractivity contribution in [2.45, 2.75) is 141 Å². The van der Waals surface area contributed by atoms with Gasteiger partial charge in [0.05, 0.1) is 12.2 Å². The van der Waals surface area contributed by atoms with Crippen molar-refractivity contribution in [2.75, 3.05) is 19.8 Å². The first-order valence-corrected chi connectivity index (χ1v) is 17.3. The molecule has 8 nitrogen and oxygen atoms in total. The first-order valence-electron chi connectivity index (χ1n) is 16.4. The van der Waals surface area contributed by atoms with Crippen LogP contribution in [-0.4, -0.2) is 58.2 Å². The van der Waals surface area contributed by atoms with Gasteiger partial charge in [-0.2, -0.15) is 0 Å². The normalized spacial score (nSPS) is 16.6. The maximum absolute atomic E-state index is 13.1. The van der Waals surface area contributed by atoms with E-state index in [1.165, 1.54) is 88.9 Å². The minimum Gasteiger partial charge on any atom is -0.447 e. The zero-order chi connectivity index (χ0) is 30.3. The molecule has 1 fully saturated rings. The van der Waals surface area contributed by atoms with E-state index in [1.54, 1.807) is 6.20 Å². The number of ether oxygens (including phenoxy) is 2. The fourth-order valence-electron chi connectivity index (χ4n) is 5.19. The first kappa shape index (κ1) is 36.1. The van der Waals surface area contributed by atoms with Crippen LogP contribution in [0.3, 0.4) is 0 Å². The van der Waals surface area contributed by atoms with Crippen molar-refractivity contribution >= 4 is 29.0 Å². The van der Waals surface area contributed by atoms with Crippen LogP contribution in [0.25, 0.3) is 0 Å². The lowest BCUT2D eigenvalue weighted by molar-refractivity contribution is -0.125. The van der Waals surface area contributed by atoms with Gasteiger partial charge in [0.1, 0.15) is 12.7 Å². The molecule has 238 valence electrons. The third-order valence-electron chi connectivity index (χ3n) is 7.74. The summed E-state index contributed by atoms with van der Waals surface area (Å²) < 4.78 is 11.2. The standard InChI is InChI=1S/C33H55N3O5S/c1-3-4-5-6-7-8-9-10-11-12-13-14-15-16-19-24-36(28(2)37)33(39)42-31-22-20-25-40-30(31)27-41-32(38)35-26-29-21-17-18-23-34-29/h17-18,21,23,30-31H,3-16,19-20,22,24-27H2,1-2H3,(H,35,38)/t30-,31-/m0/s1. The monoisotopic (exact) mass is 605 g/mol. The van der Waals surface area contributed by atoms with E-state index in [9.17, 15) is 14.4 Å².